The van der Waals surface area contributed by atoms with Gasteiger partial charge < -0.3 is 0 Å². The van der Waals surface area contributed by atoms with Crippen molar-refractivity contribution in [3.63, 3.8) is 0 Å². The van der Waals surface area contributed by atoms with Gasteiger partial charge >= 0.3 is 0 Å². The summed E-state index contributed by atoms with van der Waals surface area (Å²) in [4.78, 5) is 4.11. The third kappa shape index (κ3) is 0.895. The predicted molar refractivity (Wildman–Crippen MR) is 44.6 cm³/mol. The zero-order valence-corrected chi connectivity index (χ0v) is 6.62. The van der Waals surface area contributed by atoms with E-state index in [1.165, 1.54) is 4.70 Å². The van der Waals surface area contributed by atoms with E-state index >= 15 is 0 Å². The van der Waals surface area contributed by atoms with E-state index in [1.54, 1.807) is 17.4 Å². The Morgan fingerprint density at radius 3 is 3.10 bits per heavy atom. The smallest absolute Gasteiger partial charge is 0.129 e. The minimum Gasteiger partial charge on any atom is -0.235 e. The highest BCUT2D eigenvalue weighted by Crippen LogP contribution is 2.20. The molecule has 0 amide bonds. The van der Waals surface area contributed by atoms with Crippen LogP contribution in [0.1, 0.15) is 0 Å². The highest BCUT2D eigenvalue weighted by Gasteiger charge is 1.94. The fourth-order valence-corrected chi connectivity index (χ4v) is 1.71. The number of rotatable bonds is 0. The van der Waals surface area contributed by atoms with E-state index in [4.69, 9.17) is 11.6 Å². The maximum absolute atomic E-state index is 5.67. The number of nitrogens with zero attached hydrogens (tertiary/aromatic N) is 1. The molecule has 3 heteroatoms. The molecule has 0 saturated carbocycles. The van der Waals surface area contributed by atoms with Gasteiger partial charge in [-0.25, -0.2) is 4.98 Å². The molecular formula is C7H4ClNS. The number of pyridine rings is 1. The molecule has 0 aliphatic carbocycles. The third-order valence-corrected chi connectivity index (χ3v) is 2.35. The molecule has 2 aromatic heterocycles. The molecule has 0 unspecified atom stereocenters. The van der Waals surface area contributed by atoms with Crippen LogP contribution in [0.15, 0.2) is 23.6 Å². The van der Waals surface area contributed by atoms with Crippen molar-refractivity contribution in [1.82, 2.24) is 4.98 Å². The Morgan fingerprint density at radius 2 is 2.20 bits per heavy atom. The van der Waals surface area contributed by atoms with Gasteiger partial charge in [-0.05, 0) is 23.6 Å². The number of fused-ring (bicyclic) bond motifs is 1. The minimum absolute atomic E-state index is 0.561. The van der Waals surface area contributed by atoms with Gasteiger partial charge in [0.1, 0.15) is 5.15 Å². The van der Waals surface area contributed by atoms with Crippen molar-refractivity contribution in [3.8, 4) is 0 Å². The highest BCUT2D eigenvalue weighted by atomic mass is 35.5. The average Bonchev–Trinajstić information content (AvgIpc) is 2.33. The van der Waals surface area contributed by atoms with Crippen LogP contribution in [0.5, 0.6) is 0 Å². The maximum Gasteiger partial charge on any atom is 0.129 e. The van der Waals surface area contributed by atoms with Gasteiger partial charge in [0.05, 0.1) is 10.2 Å². The van der Waals surface area contributed by atoms with E-state index in [9.17, 15) is 0 Å². The van der Waals surface area contributed by atoms with Crippen molar-refractivity contribution >= 4 is 33.2 Å². The van der Waals surface area contributed by atoms with E-state index in [1.807, 2.05) is 17.5 Å². The normalized spacial score (nSPS) is 10.5. The van der Waals surface area contributed by atoms with Crippen LogP contribution in [0.3, 0.4) is 0 Å². The van der Waals surface area contributed by atoms with Crippen LogP contribution in [0.4, 0.5) is 0 Å². The lowest BCUT2D eigenvalue weighted by Gasteiger charge is -1.87. The Kier molecular flexibility index (Phi) is 1.36. The summed E-state index contributed by atoms with van der Waals surface area (Å²) in [6, 6.07) is 5.75. The van der Waals surface area contributed by atoms with Gasteiger partial charge in [0.15, 0.2) is 0 Å². The van der Waals surface area contributed by atoms with E-state index in [-0.39, 0.29) is 0 Å². The molecule has 0 spiro atoms. The van der Waals surface area contributed by atoms with Crippen molar-refractivity contribution in [3.05, 3.63) is 28.7 Å². The summed E-state index contributed by atoms with van der Waals surface area (Å²) in [5.74, 6) is 0. The Hall–Kier alpha value is -0.600. The van der Waals surface area contributed by atoms with Crippen molar-refractivity contribution in [1.29, 1.82) is 0 Å². The van der Waals surface area contributed by atoms with Crippen molar-refractivity contribution in [2.45, 2.75) is 0 Å². The molecule has 0 bridgehead atoms. The first-order valence-electron chi connectivity index (χ1n) is 2.86. The van der Waals surface area contributed by atoms with Crippen LogP contribution in [-0.2, 0) is 0 Å². The summed E-state index contributed by atoms with van der Waals surface area (Å²) in [5.41, 5.74) is 0.984. The van der Waals surface area contributed by atoms with Crippen LogP contribution in [0.25, 0.3) is 10.2 Å². The van der Waals surface area contributed by atoms with Gasteiger partial charge in [-0.1, -0.05) is 11.6 Å². The molecule has 0 atom stereocenters. The average molecular weight is 170 g/mol. The summed E-state index contributed by atoms with van der Waals surface area (Å²) in [6.07, 6.45) is 0. The van der Waals surface area contributed by atoms with E-state index in [0.29, 0.717) is 5.15 Å². The molecule has 0 aromatic carbocycles. The molecule has 1 nitrogen and oxygen atoms in total. The van der Waals surface area contributed by atoms with Gasteiger partial charge in [0, 0.05) is 0 Å². The monoisotopic (exact) mass is 169 g/mol. The van der Waals surface area contributed by atoms with Gasteiger partial charge in [0.2, 0.25) is 0 Å². The van der Waals surface area contributed by atoms with Crippen LogP contribution in [-0.4, -0.2) is 4.98 Å². The summed E-state index contributed by atoms with van der Waals surface area (Å²) >= 11 is 7.34. The standard InChI is InChI=1S/C7H4ClNS/c8-7-2-1-6-5(9-7)3-4-10-6/h1-4H. The lowest BCUT2D eigenvalue weighted by atomic mass is 10.4. The molecule has 2 aromatic rings. The van der Waals surface area contributed by atoms with Crippen LogP contribution >= 0.6 is 22.9 Å². The molecule has 0 aliphatic rings. The number of thiophene rings is 1. The lowest BCUT2D eigenvalue weighted by Crippen LogP contribution is -1.71. The molecule has 0 saturated heterocycles. The van der Waals surface area contributed by atoms with Gasteiger partial charge in [0.25, 0.3) is 0 Å². The second-order valence-electron chi connectivity index (χ2n) is 1.94. The number of halogens is 1. The zero-order chi connectivity index (χ0) is 6.97. The predicted octanol–water partition coefficient (Wildman–Crippen LogP) is 2.95. The summed E-state index contributed by atoms with van der Waals surface area (Å²) in [6.45, 7) is 0. The summed E-state index contributed by atoms with van der Waals surface area (Å²) in [5, 5.41) is 2.57. The van der Waals surface area contributed by atoms with Crippen LogP contribution < -0.4 is 0 Å². The Labute approximate surface area is 67.3 Å². The first-order chi connectivity index (χ1) is 4.86. The molecule has 0 fully saturated rings. The zero-order valence-electron chi connectivity index (χ0n) is 5.04. The molecular weight excluding hydrogens is 166 g/mol. The Bertz CT molecular complexity index is 355. The lowest BCUT2D eigenvalue weighted by molar-refractivity contribution is 1.43. The van der Waals surface area contributed by atoms with Crippen LogP contribution in [0, 0.1) is 0 Å². The SMILES string of the molecule is Clc1ccc2sccc2n1. The third-order valence-electron chi connectivity index (χ3n) is 1.27. The second-order valence-corrected chi connectivity index (χ2v) is 3.27. The number of hydrogen-bond acceptors (Lipinski definition) is 2. The van der Waals surface area contributed by atoms with E-state index in [0.717, 1.165) is 5.52 Å². The maximum atomic E-state index is 5.67. The highest BCUT2D eigenvalue weighted by molar-refractivity contribution is 7.17. The molecule has 50 valence electrons. The molecule has 2 heterocycles. The molecule has 2 rings (SSSR count). The molecule has 10 heavy (non-hydrogen) atoms. The Balaban J connectivity index is 2.86. The molecule has 0 aliphatic heterocycles. The minimum atomic E-state index is 0.561. The summed E-state index contributed by atoms with van der Waals surface area (Å²) in [7, 11) is 0. The Morgan fingerprint density at radius 1 is 1.30 bits per heavy atom. The quantitative estimate of drug-likeness (QED) is 0.553. The first-order valence-corrected chi connectivity index (χ1v) is 4.12. The van der Waals surface area contributed by atoms with E-state index < -0.39 is 0 Å². The fraction of sp³-hybridized carbons (Fsp3) is 0. The van der Waals surface area contributed by atoms with Crippen molar-refractivity contribution in [2.24, 2.45) is 0 Å². The first kappa shape index (κ1) is 6.13. The summed E-state index contributed by atoms with van der Waals surface area (Å²) < 4.78 is 1.18. The largest absolute Gasteiger partial charge is 0.235 e. The topological polar surface area (TPSA) is 12.9 Å². The number of hydrogen-bond donors (Lipinski definition) is 0. The molecule has 0 N–H and O–H groups in total. The molecule has 0 radical (unpaired) electrons. The van der Waals surface area contributed by atoms with Gasteiger partial charge in [-0.3, -0.25) is 0 Å². The van der Waals surface area contributed by atoms with Crippen molar-refractivity contribution < 1.29 is 0 Å². The van der Waals surface area contributed by atoms with Gasteiger partial charge in [-0.15, -0.1) is 11.3 Å². The number of aromatic nitrogens is 1. The van der Waals surface area contributed by atoms with Gasteiger partial charge in [-0.2, -0.15) is 0 Å². The van der Waals surface area contributed by atoms with Crippen molar-refractivity contribution in [2.75, 3.05) is 0 Å². The van der Waals surface area contributed by atoms with Crippen LogP contribution in [0.2, 0.25) is 5.15 Å². The fourth-order valence-electron chi connectivity index (χ4n) is 0.828. The second kappa shape index (κ2) is 2.22. The van der Waals surface area contributed by atoms with E-state index in [2.05, 4.69) is 4.98 Å².